The van der Waals surface area contributed by atoms with Gasteiger partial charge in [-0.1, -0.05) is 19.3 Å². The lowest BCUT2D eigenvalue weighted by molar-refractivity contribution is -0.144. The molecular weight excluding hydrogens is 323 g/mol. The number of halogens is 3. The minimum atomic E-state index is -4.36. The molecule has 1 aliphatic rings. The van der Waals surface area contributed by atoms with Crippen LogP contribution in [0.5, 0.6) is 0 Å². The number of amides is 1. The van der Waals surface area contributed by atoms with Crippen molar-refractivity contribution < 1.29 is 23.1 Å². The van der Waals surface area contributed by atoms with Crippen LogP contribution < -0.4 is 5.32 Å². The highest BCUT2D eigenvalue weighted by Gasteiger charge is 2.38. The number of aryl methyl sites for hydroxylation is 1. The van der Waals surface area contributed by atoms with Crippen LogP contribution in [0.1, 0.15) is 62.0 Å². The normalized spacial score (nSPS) is 19.1. The lowest BCUT2D eigenvalue weighted by Crippen LogP contribution is -2.48. The molecule has 2 N–H and O–H groups in total. The third kappa shape index (κ3) is 4.09. The summed E-state index contributed by atoms with van der Waals surface area (Å²) in [4.78, 5) is 12.4. The van der Waals surface area contributed by atoms with Crippen LogP contribution in [-0.2, 0) is 11.3 Å². The second kappa shape index (κ2) is 6.74. The Balaban J connectivity index is 2.15. The number of carbonyl (C=O) groups is 1. The number of nitrogens with zero attached hydrogens (tertiary/aromatic N) is 2. The number of aliphatic hydroxyl groups is 1. The number of alkyl halides is 3. The number of carbonyl (C=O) groups excluding carboxylic acids is 1. The zero-order valence-corrected chi connectivity index (χ0v) is 14.2. The molecule has 1 heterocycles. The zero-order valence-electron chi connectivity index (χ0n) is 14.2. The highest BCUT2D eigenvalue weighted by Crippen LogP contribution is 2.30. The summed E-state index contributed by atoms with van der Waals surface area (Å²) in [5.41, 5.74) is -0.00327. The fourth-order valence-corrected chi connectivity index (χ4v) is 3.43. The van der Waals surface area contributed by atoms with Crippen LogP contribution in [-0.4, -0.2) is 32.6 Å². The first-order valence-electron chi connectivity index (χ1n) is 8.17. The third-order valence-electron chi connectivity index (χ3n) is 4.65. The molecule has 1 aromatic heterocycles. The Labute approximate surface area is 139 Å². The molecule has 24 heavy (non-hydrogen) atoms. The van der Waals surface area contributed by atoms with E-state index in [0.29, 0.717) is 29.8 Å². The Morgan fingerprint density at radius 2 is 1.92 bits per heavy atom. The van der Waals surface area contributed by atoms with Gasteiger partial charge < -0.3 is 10.4 Å². The first-order valence-corrected chi connectivity index (χ1v) is 8.17. The summed E-state index contributed by atoms with van der Waals surface area (Å²) in [6, 6.07) is -0.523. The quantitative estimate of drug-likeness (QED) is 0.880. The van der Waals surface area contributed by atoms with Crippen molar-refractivity contribution in [1.29, 1.82) is 0 Å². The van der Waals surface area contributed by atoms with Gasteiger partial charge in [0.15, 0.2) is 0 Å². The van der Waals surface area contributed by atoms with E-state index in [-0.39, 0.29) is 0 Å². The molecular formula is C16H24F3N3O2. The first-order chi connectivity index (χ1) is 11.0. The maximum absolute atomic E-state index is 12.6. The number of hydrogen-bond acceptors (Lipinski definition) is 3. The van der Waals surface area contributed by atoms with E-state index in [4.69, 9.17) is 0 Å². The molecule has 1 atom stereocenters. The molecule has 1 aromatic rings. The highest BCUT2D eigenvalue weighted by molar-refractivity contribution is 5.85. The number of hydrogen-bond donors (Lipinski definition) is 2. The van der Waals surface area contributed by atoms with Crippen molar-refractivity contribution in [2.24, 2.45) is 0 Å². The molecule has 136 valence electrons. The second-order valence-electron chi connectivity index (χ2n) is 6.64. The van der Waals surface area contributed by atoms with Crippen molar-refractivity contribution in [3.8, 4) is 0 Å². The molecule has 8 heteroatoms. The van der Waals surface area contributed by atoms with Crippen LogP contribution in [0.2, 0.25) is 0 Å². The van der Waals surface area contributed by atoms with Crippen molar-refractivity contribution in [3.05, 3.63) is 17.0 Å². The van der Waals surface area contributed by atoms with Gasteiger partial charge in [-0.2, -0.15) is 18.3 Å². The lowest BCUT2D eigenvalue weighted by atomic mass is 9.84. The molecule has 2 rings (SSSR count). The number of aromatic nitrogens is 2. The minimum absolute atomic E-state index is 0.369. The molecule has 1 amide bonds. The average molecular weight is 347 g/mol. The van der Waals surface area contributed by atoms with Gasteiger partial charge >= 0.3 is 6.18 Å². The smallest absolute Gasteiger partial charge is 0.380 e. The molecule has 1 aliphatic carbocycles. The van der Waals surface area contributed by atoms with Gasteiger partial charge in [0.05, 0.1) is 11.7 Å². The van der Waals surface area contributed by atoms with E-state index in [1.807, 2.05) is 0 Å². The van der Waals surface area contributed by atoms with E-state index in [1.54, 1.807) is 20.8 Å². The molecule has 0 radical (unpaired) electrons. The Morgan fingerprint density at radius 1 is 1.33 bits per heavy atom. The Bertz CT molecular complexity index is 604. The SMILES string of the molecule is Cc1nn(CC(F)(F)F)c(C)c1C(C)NC(=O)C1(O)CCCCC1. The largest absolute Gasteiger partial charge is 0.408 e. The Morgan fingerprint density at radius 3 is 2.46 bits per heavy atom. The molecule has 5 nitrogen and oxygen atoms in total. The Kier molecular flexibility index (Phi) is 5.27. The molecule has 0 spiro atoms. The Hall–Kier alpha value is -1.57. The van der Waals surface area contributed by atoms with Gasteiger partial charge in [0.2, 0.25) is 0 Å². The van der Waals surface area contributed by atoms with Crippen LogP contribution in [0, 0.1) is 13.8 Å². The summed E-state index contributed by atoms with van der Waals surface area (Å²) in [6.45, 7) is 3.70. The standard InChI is InChI=1S/C16H24F3N3O2/c1-10(20-14(23)15(24)7-5-4-6-8-15)13-11(2)21-22(12(13)3)9-16(17,18)19/h10,24H,4-9H2,1-3H3,(H,20,23). The predicted octanol–water partition coefficient (Wildman–Crippen LogP) is 2.93. The maximum atomic E-state index is 12.6. The van der Waals surface area contributed by atoms with Gasteiger partial charge in [-0.05, 0) is 33.6 Å². The lowest BCUT2D eigenvalue weighted by Gasteiger charge is -2.31. The fraction of sp³-hybridized carbons (Fsp3) is 0.750. The number of nitrogens with one attached hydrogen (secondary N) is 1. The van der Waals surface area contributed by atoms with Crippen LogP contribution in [0.4, 0.5) is 13.2 Å². The molecule has 0 bridgehead atoms. The van der Waals surface area contributed by atoms with Gasteiger partial charge in [0.1, 0.15) is 12.1 Å². The number of rotatable bonds is 4. The minimum Gasteiger partial charge on any atom is -0.380 e. The third-order valence-corrected chi connectivity index (χ3v) is 4.65. The molecule has 1 unspecified atom stereocenters. The summed E-state index contributed by atoms with van der Waals surface area (Å²) in [7, 11) is 0. The van der Waals surface area contributed by atoms with Crippen molar-refractivity contribution in [1.82, 2.24) is 15.1 Å². The van der Waals surface area contributed by atoms with Crippen molar-refractivity contribution in [3.63, 3.8) is 0 Å². The van der Waals surface area contributed by atoms with Gasteiger partial charge in [0, 0.05) is 11.3 Å². The summed E-state index contributed by atoms with van der Waals surface area (Å²) < 4.78 is 38.7. The highest BCUT2D eigenvalue weighted by atomic mass is 19.4. The maximum Gasteiger partial charge on any atom is 0.408 e. The van der Waals surface area contributed by atoms with E-state index >= 15 is 0 Å². The average Bonchev–Trinajstić information content (AvgIpc) is 2.72. The van der Waals surface area contributed by atoms with Crippen LogP contribution in [0.15, 0.2) is 0 Å². The molecule has 1 fully saturated rings. The molecule has 1 saturated carbocycles. The van der Waals surface area contributed by atoms with E-state index in [9.17, 15) is 23.1 Å². The van der Waals surface area contributed by atoms with Gasteiger partial charge in [-0.15, -0.1) is 0 Å². The predicted molar refractivity (Wildman–Crippen MR) is 82.3 cm³/mol. The van der Waals surface area contributed by atoms with Crippen molar-refractivity contribution >= 4 is 5.91 Å². The van der Waals surface area contributed by atoms with Gasteiger partial charge in [-0.25, -0.2) is 0 Å². The van der Waals surface area contributed by atoms with Crippen molar-refractivity contribution in [2.75, 3.05) is 0 Å². The summed E-state index contributed by atoms with van der Waals surface area (Å²) in [5.74, 6) is -0.461. The molecule has 0 aliphatic heterocycles. The summed E-state index contributed by atoms with van der Waals surface area (Å²) in [6.07, 6.45) is -0.953. The summed E-state index contributed by atoms with van der Waals surface area (Å²) >= 11 is 0. The van der Waals surface area contributed by atoms with E-state index in [0.717, 1.165) is 23.9 Å². The summed E-state index contributed by atoms with van der Waals surface area (Å²) in [5, 5.41) is 17.1. The second-order valence-corrected chi connectivity index (χ2v) is 6.64. The van der Waals surface area contributed by atoms with Crippen LogP contribution in [0.25, 0.3) is 0 Å². The first kappa shape index (κ1) is 18.8. The van der Waals surface area contributed by atoms with E-state index in [1.165, 1.54) is 0 Å². The topological polar surface area (TPSA) is 67.2 Å². The molecule has 0 aromatic carbocycles. The van der Waals surface area contributed by atoms with Gasteiger partial charge in [0.25, 0.3) is 5.91 Å². The van der Waals surface area contributed by atoms with E-state index in [2.05, 4.69) is 10.4 Å². The van der Waals surface area contributed by atoms with Gasteiger partial charge in [-0.3, -0.25) is 9.48 Å². The zero-order chi connectivity index (χ0) is 18.1. The van der Waals surface area contributed by atoms with Crippen LogP contribution in [0.3, 0.4) is 0 Å². The van der Waals surface area contributed by atoms with Crippen molar-refractivity contribution in [2.45, 2.75) is 77.2 Å². The van der Waals surface area contributed by atoms with E-state index < -0.39 is 30.3 Å². The monoisotopic (exact) mass is 347 g/mol. The van der Waals surface area contributed by atoms with Crippen LogP contribution >= 0.6 is 0 Å². The fourth-order valence-electron chi connectivity index (χ4n) is 3.43. The molecule has 0 saturated heterocycles.